The van der Waals surface area contributed by atoms with Crippen LogP contribution in [0.15, 0.2) is 46.7 Å². The number of aryl methyl sites for hydroxylation is 3. The van der Waals surface area contributed by atoms with E-state index in [-0.39, 0.29) is 12.5 Å². The third-order valence-electron chi connectivity index (χ3n) is 5.24. The molecule has 2 heterocycles. The van der Waals surface area contributed by atoms with Crippen molar-refractivity contribution >= 4 is 40.7 Å². The summed E-state index contributed by atoms with van der Waals surface area (Å²) in [5, 5.41) is 12.4. The lowest BCUT2D eigenvalue weighted by molar-refractivity contribution is -0.123. The summed E-state index contributed by atoms with van der Waals surface area (Å²) in [6, 6.07) is 8.81. The molecule has 2 aliphatic heterocycles. The van der Waals surface area contributed by atoms with Gasteiger partial charge in [-0.2, -0.15) is 5.11 Å². The van der Waals surface area contributed by atoms with Gasteiger partial charge in [-0.05, 0) is 55.7 Å². The van der Waals surface area contributed by atoms with E-state index < -0.39 is 23.9 Å². The Morgan fingerprint density at radius 1 is 1.07 bits per heavy atom. The summed E-state index contributed by atoms with van der Waals surface area (Å²) >= 11 is 6.15. The molecule has 0 saturated carbocycles. The van der Waals surface area contributed by atoms with Crippen molar-refractivity contribution in [2.24, 2.45) is 10.3 Å². The van der Waals surface area contributed by atoms with Crippen LogP contribution in [-0.4, -0.2) is 41.4 Å². The van der Waals surface area contributed by atoms with Gasteiger partial charge < -0.3 is 5.32 Å². The number of rotatable bonds is 4. The highest BCUT2D eigenvalue weighted by Gasteiger charge is 2.55. The Kier molecular flexibility index (Phi) is 5.03. The first-order valence-corrected chi connectivity index (χ1v) is 9.82. The molecular formula is C21H20ClN5O3. The molecule has 9 heteroatoms. The molecule has 30 heavy (non-hydrogen) atoms. The van der Waals surface area contributed by atoms with Crippen molar-refractivity contribution < 1.29 is 14.4 Å². The number of halogens is 1. The monoisotopic (exact) mass is 425 g/mol. The zero-order chi connectivity index (χ0) is 21.6. The Morgan fingerprint density at radius 2 is 1.80 bits per heavy atom. The quantitative estimate of drug-likeness (QED) is 0.761. The largest absolute Gasteiger partial charge is 0.324 e. The third kappa shape index (κ3) is 3.43. The molecule has 8 nitrogen and oxygen atoms in total. The van der Waals surface area contributed by atoms with Crippen LogP contribution in [0.4, 0.5) is 11.4 Å². The first kappa shape index (κ1) is 20.0. The second kappa shape index (κ2) is 7.53. The van der Waals surface area contributed by atoms with Gasteiger partial charge in [-0.3, -0.25) is 19.4 Å². The van der Waals surface area contributed by atoms with Gasteiger partial charge in [0, 0.05) is 10.7 Å². The van der Waals surface area contributed by atoms with Crippen molar-refractivity contribution in [2.45, 2.75) is 32.9 Å². The molecule has 0 aromatic heterocycles. The number of carbonyl (C=O) groups excluding carboxylic acids is 3. The van der Waals surface area contributed by atoms with E-state index in [1.165, 1.54) is 5.01 Å². The maximum absolute atomic E-state index is 13.0. The Hall–Kier alpha value is -3.26. The highest BCUT2D eigenvalue weighted by atomic mass is 35.5. The second-order valence-corrected chi connectivity index (χ2v) is 7.91. The number of amides is 3. The van der Waals surface area contributed by atoms with Gasteiger partial charge in [0.2, 0.25) is 5.91 Å². The van der Waals surface area contributed by atoms with Crippen molar-refractivity contribution in [3.05, 3.63) is 58.1 Å². The molecule has 1 fully saturated rings. The smallest absolute Gasteiger partial charge is 0.263 e. The van der Waals surface area contributed by atoms with E-state index in [0.29, 0.717) is 16.4 Å². The minimum atomic E-state index is -0.967. The van der Waals surface area contributed by atoms with Crippen LogP contribution >= 0.6 is 11.6 Å². The van der Waals surface area contributed by atoms with Crippen molar-refractivity contribution in [3.63, 3.8) is 0 Å². The number of hydrogen-bond acceptors (Lipinski definition) is 6. The van der Waals surface area contributed by atoms with Gasteiger partial charge in [0.05, 0.1) is 5.69 Å². The Morgan fingerprint density at radius 3 is 2.53 bits per heavy atom. The normalized spacial score (nSPS) is 20.1. The average molecular weight is 426 g/mol. The summed E-state index contributed by atoms with van der Waals surface area (Å²) in [6.07, 6.45) is 0. The molecular weight excluding hydrogens is 406 g/mol. The lowest BCUT2D eigenvalue weighted by atomic mass is 10.1. The molecule has 154 valence electrons. The van der Waals surface area contributed by atoms with Gasteiger partial charge in [-0.15, -0.1) is 0 Å². The van der Waals surface area contributed by atoms with Crippen LogP contribution in [0.5, 0.6) is 0 Å². The minimum Gasteiger partial charge on any atom is -0.324 e. The topological polar surface area (TPSA) is 94.4 Å². The number of fused-ring (bicyclic) bond motifs is 1. The number of carbonyl (C=O) groups is 3. The van der Waals surface area contributed by atoms with Crippen LogP contribution in [-0.2, 0) is 14.4 Å². The lowest BCUT2D eigenvalue weighted by Crippen LogP contribution is -2.43. The molecule has 2 aromatic rings. The summed E-state index contributed by atoms with van der Waals surface area (Å²) < 4.78 is 0. The van der Waals surface area contributed by atoms with E-state index >= 15 is 0 Å². The number of nitrogens with one attached hydrogen (secondary N) is 1. The lowest BCUT2D eigenvalue weighted by Gasteiger charge is -2.20. The first-order valence-electron chi connectivity index (χ1n) is 9.45. The van der Waals surface area contributed by atoms with Crippen molar-refractivity contribution in [1.29, 1.82) is 0 Å². The molecule has 0 bridgehead atoms. The summed E-state index contributed by atoms with van der Waals surface area (Å²) in [7, 11) is 0. The Balaban J connectivity index is 1.51. The van der Waals surface area contributed by atoms with Crippen LogP contribution < -0.4 is 10.2 Å². The van der Waals surface area contributed by atoms with Crippen LogP contribution in [0, 0.1) is 20.8 Å². The fourth-order valence-electron chi connectivity index (χ4n) is 3.54. The van der Waals surface area contributed by atoms with Gasteiger partial charge >= 0.3 is 0 Å². The van der Waals surface area contributed by atoms with Crippen molar-refractivity contribution in [3.8, 4) is 0 Å². The second-order valence-electron chi connectivity index (χ2n) is 7.50. The molecule has 1 N–H and O–H groups in total. The molecule has 3 amide bonds. The number of benzene rings is 2. The van der Waals surface area contributed by atoms with Gasteiger partial charge in [0.15, 0.2) is 12.1 Å². The highest BCUT2D eigenvalue weighted by molar-refractivity contribution is 6.32. The van der Waals surface area contributed by atoms with E-state index in [9.17, 15) is 14.4 Å². The van der Waals surface area contributed by atoms with E-state index in [1.54, 1.807) is 18.2 Å². The molecule has 2 aromatic carbocycles. The third-order valence-corrected chi connectivity index (χ3v) is 5.65. The van der Waals surface area contributed by atoms with E-state index in [4.69, 9.17) is 11.6 Å². The Bertz CT molecular complexity index is 1100. The standard InChI is InChI=1S/C21H20ClN5O3/c1-11-4-5-13(3)16(8-11)23-17(28)10-26-19-18(24-25-26)20(29)27(21(19)30)14-7-6-12(2)15(22)9-14/h4-9,18-19H,10H2,1-3H3,(H,23,28)/t18-,19+/m0/s1. The molecule has 0 unspecified atom stereocenters. The zero-order valence-electron chi connectivity index (χ0n) is 16.7. The van der Waals surface area contributed by atoms with E-state index in [2.05, 4.69) is 15.7 Å². The predicted molar refractivity (Wildman–Crippen MR) is 112 cm³/mol. The molecule has 0 spiro atoms. The minimum absolute atomic E-state index is 0.195. The maximum atomic E-state index is 13.0. The molecule has 2 aliphatic rings. The first-order chi connectivity index (χ1) is 14.3. The maximum Gasteiger partial charge on any atom is 0.263 e. The molecule has 0 radical (unpaired) electrons. The van der Waals surface area contributed by atoms with Gasteiger partial charge in [-0.25, -0.2) is 4.90 Å². The fourth-order valence-corrected chi connectivity index (χ4v) is 3.71. The summed E-state index contributed by atoms with van der Waals surface area (Å²) in [4.78, 5) is 39.4. The number of hydrogen-bond donors (Lipinski definition) is 1. The van der Waals surface area contributed by atoms with E-state index in [0.717, 1.165) is 21.6 Å². The fraction of sp³-hybridized carbons (Fsp3) is 0.286. The predicted octanol–water partition coefficient (Wildman–Crippen LogP) is 3.20. The average Bonchev–Trinajstić information content (AvgIpc) is 3.21. The van der Waals surface area contributed by atoms with Crippen LogP contribution in [0.3, 0.4) is 0 Å². The molecule has 0 aliphatic carbocycles. The number of nitrogens with zero attached hydrogens (tertiary/aromatic N) is 4. The van der Waals surface area contributed by atoms with Crippen molar-refractivity contribution in [1.82, 2.24) is 5.01 Å². The van der Waals surface area contributed by atoms with Crippen LogP contribution in [0.1, 0.15) is 16.7 Å². The van der Waals surface area contributed by atoms with Gasteiger partial charge in [0.25, 0.3) is 11.8 Å². The summed E-state index contributed by atoms with van der Waals surface area (Å²) in [6.45, 7) is 5.46. The van der Waals surface area contributed by atoms with Gasteiger partial charge in [-0.1, -0.05) is 35.0 Å². The highest BCUT2D eigenvalue weighted by Crippen LogP contribution is 2.33. The molecule has 4 rings (SSSR count). The Labute approximate surface area is 178 Å². The van der Waals surface area contributed by atoms with Gasteiger partial charge in [0.1, 0.15) is 6.54 Å². The van der Waals surface area contributed by atoms with Crippen LogP contribution in [0.25, 0.3) is 0 Å². The zero-order valence-corrected chi connectivity index (χ0v) is 17.5. The number of imide groups is 1. The number of anilines is 2. The summed E-state index contributed by atoms with van der Waals surface area (Å²) in [5.41, 5.74) is 3.84. The van der Waals surface area contributed by atoms with Crippen LogP contribution in [0.2, 0.25) is 5.02 Å². The SMILES string of the molecule is Cc1ccc(C)c(NC(=O)CN2N=N[C@@H]3C(=O)N(c4ccc(C)c(Cl)c4)C(=O)[C@@H]32)c1. The molecule has 2 atom stereocenters. The molecule has 1 saturated heterocycles. The van der Waals surface area contributed by atoms with E-state index in [1.807, 2.05) is 39.0 Å². The summed E-state index contributed by atoms with van der Waals surface area (Å²) in [5.74, 6) is -1.30. The van der Waals surface area contributed by atoms with Crippen molar-refractivity contribution in [2.75, 3.05) is 16.8 Å².